The quantitative estimate of drug-likeness (QED) is 0.478. The van der Waals surface area contributed by atoms with Crippen molar-refractivity contribution in [1.82, 2.24) is 15.2 Å². The van der Waals surface area contributed by atoms with Gasteiger partial charge in [0, 0.05) is 35.5 Å². The molecule has 1 fully saturated rings. The fraction of sp³-hybridized carbons (Fsp3) is 0.389. The van der Waals surface area contributed by atoms with Crippen molar-refractivity contribution in [3.8, 4) is 0 Å². The van der Waals surface area contributed by atoms with Gasteiger partial charge in [0.25, 0.3) is 0 Å². The van der Waals surface area contributed by atoms with E-state index in [1.165, 1.54) is 7.11 Å². The first kappa shape index (κ1) is 18.9. The summed E-state index contributed by atoms with van der Waals surface area (Å²) in [6.07, 6.45) is 2.03. The van der Waals surface area contributed by atoms with E-state index in [9.17, 15) is 9.59 Å². The van der Waals surface area contributed by atoms with Crippen molar-refractivity contribution in [3.63, 3.8) is 0 Å². The van der Waals surface area contributed by atoms with Gasteiger partial charge in [0.15, 0.2) is 0 Å². The molecule has 1 aliphatic rings. The number of nitrogens with one attached hydrogen (secondary N) is 1. The summed E-state index contributed by atoms with van der Waals surface area (Å²) in [5.41, 5.74) is 1.67. The zero-order valence-electron chi connectivity index (χ0n) is 14.6. The minimum Gasteiger partial charge on any atom is -0.469 e. The van der Waals surface area contributed by atoms with Crippen LogP contribution in [0.4, 0.5) is 0 Å². The number of carbonyl (C=O) groups excluding carboxylic acids is 2. The molecule has 8 heteroatoms. The van der Waals surface area contributed by atoms with Crippen molar-refractivity contribution in [3.05, 3.63) is 35.0 Å². The van der Waals surface area contributed by atoms with E-state index in [0.717, 1.165) is 21.4 Å². The Balaban J connectivity index is 1.87. The van der Waals surface area contributed by atoms with Gasteiger partial charge in [-0.05, 0) is 24.5 Å². The number of carbonyl (C=O) groups is 2. The summed E-state index contributed by atoms with van der Waals surface area (Å²) in [6.45, 7) is 1.61. The number of esters is 1. The van der Waals surface area contributed by atoms with Crippen LogP contribution < -0.4 is 5.32 Å². The highest BCUT2D eigenvalue weighted by molar-refractivity contribution is 7.98. The predicted molar refractivity (Wildman–Crippen MR) is 102 cm³/mol. The van der Waals surface area contributed by atoms with Gasteiger partial charge in [-0.15, -0.1) is 11.8 Å². The number of amides is 1. The number of methoxy groups -OCH3 is 1. The van der Waals surface area contributed by atoms with E-state index in [1.54, 1.807) is 11.8 Å². The molecule has 0 unspecified atom stereocenters. The molecule has 1 amide bonds. The summed E-state index contributed by atoms with van der Waals surface area (Å²) in [5.74, 6) is -0.583. The number of piperazine rings is 1. The summed E-state index contributed by atoms with van der Waals surface area (Å²) in [6, 6.07) is 7.49. The van der Waals surface area contributed by atoms with Crippen LogP contribution in [0.1, 0.15) is 12.0 Å². The Morgan fingerprint density at radius 3 is 3.00 bits per heavy atom. The SMILES string of the molecule is COC(=O)C[C@@H]1C(=O)NCCN1Cc1cc2ccc(SC)cc2nc1Cl. The van der Waals surface area contributed by atoms with Crippen LogP contribution in [0.15, 0.2) is 29.2 Å². The van der Waals surface area contributed by atoms with E-state index < -0.39 is 12.0 Å². The topological polar surface area (TPSA) is 71.5 Å². The lowest BCUT2D eigenvalue weighted by Crippen LogP contribution is -2.55. The third-order valence-corrected chi connectivity index (χ3v) is 5.51. The summed E-state index contributed by atoms with van der Waals surface area (Å²) in [7, 11) is 1.32. The molecule has 2 heterocycles. The summed E-state index contributed by atoms with van der Waals surface area (Å²) in [4.78, 5) is 31.4. The van der Waals surface area contributed by atoms with Gasteiger partial charge in [0.1, 0.15) is 11.2 Å². The van der Waals surface area contributed by atoms with Crippen molar-refractivity contribution in [2.75, 3.05) is 26.5 Å². The monoisotopic (exact) mass is 393 g/mol. The lowest BCUT2D eigenvalue weighted by atomic mass is 10.1. The first-order valence-corrected chi connectivity index (χ1v) is 9.84. The molecule has 2 aromatic rings. The Morgan fingerprint density at radius 1 is 1.46 bits per heavy atom. The zero-order chi connectivity index (χ0) is 18.7. The van der Waals surface area contributed by atoms with E-state index in [2.05, 4.69) is 10.3 Å². The van der Waals surface area contributed by atoms with Crippen molar-refractivity contribution in [2.24, 2.45) is 0 Å². The number of hydrogen-bond donors (Lipinski definition) is 1. The molecular weight excluding hydrogens is 374 g/mol. The molecule has 1 aromatic heterocycles. The maximum Gasteiger partial charge on any atom is 0.307 e. The number of benzene rings is 1. The molecule has 0 saturated carbocycles. The molecule has 26 heavy (non-hydrogen) atoms. The molecule has 0 radical (unpaired) electrons. The minimum absolute atomic E-state index is 0.0119. The van der Waals surface area contributed by atoms with Crippen LogP contribution in [0.3, 0.4) is 0 Å². The summed E-state index contributed by atoms with van der Waals surface area (Å²) in [5, 5.41) is 4.20. The molecule has 1 saturated heterocycles. The van der Waals surface area contributed by atoms with Crippen molar-refractivity contribution in [1.29, 1.82) is 0 Å². The molecule has 138 valence electrons. The van der Waals surface area contributed by atoms with Gasteiger partial charge < -0.3 is 10.1 Å². The Morgan fingerprint density at radius 2 is 2.27 bits per heavy atom. The smallest absolute Gasteiger partial charge is 0.307 e. The highest BCUT2D eigenvalue weighted by atomic mass is 35.5. The minimum atomic E-state index is -0.568. The van der Waals surface area contributed by atoms with Crippen molar-refractivity contribution >= 4 is 46.1 Å². The number of hydrogen-bond acceptors (Lipinski definition) is 6. The molecule has 3 rings (SSSR count). The van der Waals surface area contributed by atoms with Gasteiger partial charge >= 0.3 is 5.97 Å². The van der Waals surface area contributed by atoms with E-state index >= 15 is 0 Å². The number of ether oxygens (including phenoxy) is 1. The lowest BCUT2D eigenvalue weighted by molar-refractivity contribution is -0.146. The third kappa shape index (κ3) is 4.11. The standard InChI is InChI=1S/C18H20ClN3O3S/c1-25-16(23)9-15-18(24)20-5-6-22(15)10-12-7-11-3-4-13(26-2)8-14(11)21-17(12)19/h3-4,7-8,15H,5-6,9-10H2,1-2H3,(H,20,24)/t15-/m1/s1. The Labute approximate surface area is 161 Å². The number of fused-ring (bicyclic) bond motifs is 1. The molecule has 0 spiro atoms. The van der Waals surface area contributed by atoms with Crippen LogP contribution in [0.5, 0.6) is 0 Å². The average molecular weight is 394 g/mol. The van der Waals surface area contributed by atoms with E-state index in [4.69, 9.17) is 16.3 Å². The Bertz CT molecular complexity index is 846. The number of pyridine rings is 1. The maximum absolute atomic E-state index is 12.2. The molecule has 6 nitrogen and oxygen atoms in total. The summed E-state index contributed by atoms with van der Waals surface area (Å²) >= 11 is 8.05. The maximum atomic E-state index is 12.2. The van der Waals surface area contributed by atoms with Gasteiger partial charge in [0.2, 0.25) is 5.91 Å². The molecular formula is C18H20ClN3O3S. The number of aromatic nitrogens is 1. The number of thioether (sulfide) groups is 1. The second-order valence-corrected chi connectivity index (χ2v) is 7.29. The normalized spacial score (nSPS) is 18.0. The second kappa shape index (κ2) is 8.24. The van der Waals surface area contributed by atoms with Gasteiger partial charge in [-0.2, -0.15) is 0 Å². The van der Waals surface area contributed by atoms with Crippen molar-refractivity contribution < 1.29 is 14.3 Å². The molecule has 1 aromatic carbocycles. The van der Waals surface area contributed by atoms with Crippen LogP contribution in [0.25, 0.3) is 10.9 Å². The first-order chi connectivity index (χ1) is 12.5. The molecule has 1 atom stereocenters. The zero-order valence-corrected chi connectivity index (χ0v) is 16.2. The van der Waals surface area contributed by atoms with Gasteiger partial charge in [0.05, 0.1) is 19.0 Å². The fourth-order valence-corrected chi connectivity index (χ4v) is 3.68. The first-order valence-electron chi connectivity index (χ1n) is 8.23. The molecule has 1 aliphatic heterocycles. The second-order valence-electron chi connectivity index (χ2n) is 6.05. The molecule has 0 bridgehead atoms. The highest BCUT2D eigenvalue weighted by Crippen LogP contribution is 2.26. The number of rotatable bonds is 5. The molecule has 1 N–H and O–H groups in total. The van der Waals surface area contributed by atoms with Gasteiger partial charge in [-0.3, -0.25) is 14.5 Å². The van der Waals surface area contributed by atoms with Crippen LogP contribution in [0, 0.1) is 0 Å². The summed E-state index contributed by atoms with van der Waals surface area (Å²) < 4.78 is 4.72. The lowest BCUT2D eigenvalue weighted by Gasteiger charge is -2.34. The highest BCUT2D eigenvalue weighted by Gasteiger charge is 2.32. The third-order valence-electron chi connectivity index (χ3n) is 4.45. The van der Waals surface area contributed by atoms with Crippen LogP contribution in [-0.2, 0) is 20.9 Å². The fourth-order valence-electron chi connectivity index (χ4n) is 3.04. The number of nitrogens with zero attached hydrogens (tertiary/aromatic N) is 2. The van der Waals surface area contributed by atoms with E-state index in [0.29, 0.717) is 24.8 Å². The number of halogens is 1. The predicted octanol–water partition coefficient (Wildman–Crippen LogP) is 2.47. The van der Waals surface area contributed by atoms with Gasteiger partial charge in [-0.1, -0.05) is 17.7 Å². The van der Waals surface area contributed by atoms with Crippen LogP contribution >= 0.6 is 23.4 Å². The van der Waals surface area contributed by atoms with Crippen molar-refractivity contribution in [2.45, 2.75) is 23.9 Å². The Hall–Kier alpha value is -1.83. The van der Waals surface area contributed by atoms with Gasteiger partial charge in [-0.25, -0.2) is 4.98 Å². The van der Waals surface area contributed by atoms with E-state index in [-0.39, 0.29) is 12.3 Å². The molecule has 0 aliphatic carbocycles. The van der Waals surface area contributed by atoms with Crippen LogP contribution in [-0.4, -0.2) is 54.3 Å². The van der Waals surface area contributed by atoms with E-state index in [1.807, 2.05) is 35.4 Å². The van der Waals surface area contributed by atoms with Crippen LogP contribution in [0.2, 0.25) is 5.15 Å². The largest absolute Gasteiger partial charge is 0.469 e. The average Bonchev–Trinajstić information content (AvgIpc) is 2.64. The Kier molecular flexibility index (Phi) is 6.01.